The van der Waals surface area contributed by atoms with Gasteiger partial charge in [-0.3, -0.25) is 0 Å². The Kier molecular flexibility index (Phi) is 5.19. The lowest BCUT2D eigenvalue weighted by molar-refractivity contribution is 0.669. The quantitative estimate of drug-likeness (QED) is 0.200. The standard InChI is InChI=1S/C42H25NOS/c1-2-10-26(11-3-1)27-18-21-29(22-19-27)43-36-15-7-4-12-30(36)35-25-33(42-40(41(35)43)32-14-6-9-17-39(32)45-42)28-20-23-38-34(24-28)31-13-5-8-16-37(31)44-38/h1-25H. The van der Waals surface area contributed by atoms with Crippen molar-refractivity contribution in [2.24, 2.45) is 0 Å². The van der Waals surface area contributed by atoms with Crippen molar-refractivity contribution in [3.05, 3.63) is 152 Å². The Hall–Kier alpha value is -5.64. The Morgan fingerprint density at radius 1 is 0.467 bits per heavy atom. The van der Waals surface area contributed by atoms with Crippen LogP contribution >= 0.6 is 11.3 Å². The lowest BCUT2D eigenvalue weighted by Gasteiger charge is -2.12. The fourth-order valence-corrected chi connectivity index (χ4v) is 8.39. The van der Waals surface area contributed by atoms with E-state index in [-0.39, 0.29) is 0 Å². The lowest BCUT2D eigenvalue weighted by Crippen LogP contribution is -1.94. The second-order valence-electron chi connectivity index (χ2n) is 11.7. The number of para-hydroxylation sites is 2. The highest BCUT2D eigenvalue weighted by Gasteiger charge is 2.22. The first kappa shape index (κ1) is 24.8. The molecule has 0 aliphatic heterocycles. The molecule has 3 aromatic heterocycles. The molecule has 0 amide bonds. The fraction of sp³-hybridized carbons (Fsp3) is 0. The van der Waals surface area contributed by atoms with Crippen molar-refractivity contribution in [2.45, 2.75) is 0 Å². The van der Waals surface area contributed by atoms with Gasteiger partial charge < -0.3 is 8.98 Å². The number of thiophene rings is 1. The van der Waals surface area contributed by atoms with Crippen LogP contribution in [-0.4, -0.2) is 4.57 Å². The molecule has 10 rings (SSSR count). The van der Waals surface area contributed by atoms with Crippen molar-refractivity contribution >= 4 is 75.3 Å². The van der Waals surface area contributed by atoms with E-state index < -0.39 is 0 Å². The molecule has 0 unspecified atom stereocenters. The van der Waals surface area contributed by atoms with Crippen LogP contribution in [0.4, 0.5) is 0 Å². The molecule has 0 aliphatic rings. The molecule has 0 radical (unpaired) electrons. The average Bonchev–Trinajstić information content (AvgIpc) is 3.78. The molecule has 0 bridgehead atoms. The fourth-order valence-electron chi connectivity index (χ4n) is 7.15. The van der Waals surface area contributed by atoms with E-state index in [1.807, 2.05) is 23.5 Å². The van der Waals surface area contributed by atoms with Crippen LogP contribution in [0.1, 0.15) is 0 Å². The van der Waals surface area contributed by atoms with Crippen molar-refractivity contribution in [3.8, 4) is 27.9 Å². The van der Waals surface area contributed by atoms with E-state index in [9.17, 15) is 0 Å². The third kappa shape index (κ3) is 3.62. The molecule has 10 aromatic rings. The number of benzene rings is 7. The highest BCUT2D eigenvalue weighted by Crippen LogP contribution is 2.48. The van der Waals surface area contributed by atoms with Crippen LogP contribution in [0, 0.1) is 0 Å². The molecule has 0 saturated heterocycles. The van der Waals surface area contributed by atoms with E-state index in [0.29, 0.717) is 0 Å². The van der Waals surface area contributed by atoms with Gasteiger partial charge in [0.2, 0.25) is 0 Å². The summed E-state index contributed by atoms with van der Waals surface area (Å²) >= 11 is 1.89. The smallest absolute Gasteiger partial charge is 0.135 e. The maximum atomic E-state index is 6.19. The SMILES string of the molecule is c1ccc(-c2ccc(-n3c4ccccc4c4cc(-c5ccc6oc7ccccc7c6c5)c5sc6ccccc6c5c43)cc2)cc1. The van der Waals surface area contributed by atoms with E-state index in [1.54, 1.807) is 0 Å². The summed E-state index contributed by atoms with van der Waals surface area (Å²) in [6.45, 7) is 0. The van der Waals surface area contributed by atoms with Gasteiger partial charge in [-0.25, -0.2) is 0 Å². The first-order chi connectivity index (χ1) is 22.3. The number of furan rings is 1. The summed E-state index contributed by atoms with van der Waals surface area (Å²) in [5.74, 6) is 0. The maximum absolute atomic E-state index is 6.19. The van der Waals surface area contributed by atoms with Crippen molar-refractivity contribution in [1.82, 2.24) is 4.57 Å². The molecular weight excluding hydrogens is 567 g/mol. The van der Waals surface area contributed by atoms with Crippen molar-refractivity contribution in [2.75, 3.05) is 0 Å². The molecule has 0 atom stereocenters. The lowest BCUT2D eigenvalue weighted by atomic mass is 9.97. The van der Waals surface area contributed by atoms with Gasteiger partial charge in [0.05, 0.1) is 11.0 Å². The largest absolute Gasteiger partial charge is 0.456 e. The second-order valence-corrected chi connectivity index (χ2v) is 12.7. The monoisotopic (exact) mass is 591 g/mol. The van der Waals surface area contributed by atoms with E-state index in [0.717, 1.165) is 27.6 Å². The zero-order valence-electron chi connectivity index (χ0n) is 24.2. The van der Waals surface area contributed by atoms with E-state index in [2.05, 4.69) is 144 Å². The van der Waals surface area contributed by atoms with Crippen LogP contribution in [0.25, 0.3) is 91.9 Å². The average molecular weight is 592 g/mol. The normalized spacial score (nSPS) is 12.0. The van der Waals surface area contributed by atoms with Crippen LogP contribution in [0.5, 0.6) is 0 Å². The number of fused-ring (bicyclic) bond motifs is 10. The number of rotatable bonds is 3. The van der Waals surface area contributed by atoms with Crippen molar-refractivity contribution in [3.63, 3.8) is 0 Å². The Labute approximate surface area is 263 Å². The van der Waals surface area contributed by atoms with Crippen LogP contribution in [0.15, 0.2) is 156 Å². The molecule has 0 N–H and O–H groups in total. The summed E-state index contributed by atoms with van der Waals surface area (Å²) in [4.78, 5) is 0. The number of hydrogen-bond donors (Lipinski definition) is 0. The summed E-state index contributed by atoms with van der Waals surface area (Å²) in [5, 5.41) is 7.43. The summed E-state index contributed by atoms with van der Waals surface area (Å²) in [5.41, 5.74) is 10.4. The minimum absolute atomic E-state index is 0.921. The van der Waals surface area contributed by atoms with Gasteiger partial charge in [0.1, 0.15) is 11.2 Å². The molecular formula is C42H25NOS. The second kappa shape index (κ2) is 9.43. The zero-order valence-corrected chi connectivity index (χ0v) is 25.0. The predicted molar refractivity (Wildman–Crippen MR) is 192 cm³/mol. The summed E-state index contributed by atoms with van der Waals surface area (Å²) < 4.78 is 11.3. The molecule has 45 heavy (non-hydrogen) atoms. The number of aromatic nitrogens is 1. The first-order valence-corrected chi connectivity index (χ1v) is 16.1. The Morgan fingerprint density at radius 2 is 1.13 bits per heavy atom. The zero-order chi connectivity index (χ0) is 29.5. The molecule has 0 spiro atoms. The first-order valence-electron chi connectivity index (χ1n) is 15.3. The van der Waals surface area contributed by atoms with Gasteiger partial charge >= 0.3 is 0 Å². The van der Waals surface area contributed by atoms with Gasteiger partial charge in [-0.15, -0.1) is 11.3 Å². The van der Waals surface area contributed by atoms with Gasteiger partial charge in [0.25, 0.3) is 0 Å². The third-order valence-electron chi connectivity index (χ3n) is 9.20. The highest BCUT2D eigenvalue weighted by atomic mass is 32.1. The molecule has 3 heterocycles. The predicted octanol–water partition coefficient (Wildman–Crippen LogP) is 12.4. The van der Waals surface area contributed by atoms with Crippen molar-refractivity contribution < 1.29 is 4.42 Å². The summed E-state index contributed by atoms with van der Waals surface area (Å²) in [6.07, 6.45) is 0. The summed E-state index contributed by atoms with van der Waals surface area (Å²) in [6, 6.07) is 54.7. The Balaban J connectivity index is 1.31. The minimum Gasteiger partial charge on any atom is -0.456 e. The molecule has 0 saturated carbocycles. The van der Waals surface area contributed by atoms with Gasteiger partial charge in [0.15, 0.2) is 0 Å². The van der Waals surface area contributed by atoms with Gasteiger partial charge in [-0.2, -0.15) is 0 Å². The number of hydrogen-bond acceptors (Lipinski definition) is 2. The highest BCUT2D eigenvalue weighted by molar-refractivity contribution is 7.26. The van der Waals surface area contributed by atoms with Crippen LogP contribution in [0.2, 0.25) is 0 Å². The molecule has 2 nitrogen and oxygen atoms in total. The van der Waals surface area contributed by atoms with Crippen molar-refractivity contribution in [1.29, 1.82) is 0 Å². The molecule has 0 aliphatic carbocycles. The molecule has 7 aromatic carbocycles. The Bertz CT molecular complexity index is 2740. The van der Waals surface area contributed by atoms with Gasteiger partial charge in [-0.05, 0) is 65.2 Å². The molecule has 210 valence electrons. The summed E-state index contributed by atoms with van der Waals surface area (Å²) in [7, 11) is 0. The third-order valence-corrected chi connectivity index (χ3v) is 10.4. The van der Waals surface area contributed by atoms with Crippen LogP contribution in [-0.2, 0) is 0 Å². The van der Waals surface area contributed by atoms with Gasteiger partial charge in [-0.1, -0.05) is 103 Å². The van der Waals surface area contributed by atoms with Crippen LogP contribution in [0.3, 0.4) is 0 Å². The minimum atomic E-state index is 0.921. The van der Waals surface area contributed by atoms with Crippen LogP contribution < -0.4 is 0 Å². The van der Waals surface area contributed by atoms with E-state index >= 15 is 0 Å². The maximum Gasteiger partial charge on any atom is 0.135 e. The number of nitrogens with zero attached hydrogens (tertiary/aromatic N) is 1. The molecule has 3 heteroatoms. The van der Waals surface area contributed by atoms with E-state index in [1.165, 1.54) is 64.2 Å². The van der Waals surface area contributed by atoms with Gasteiger partial charge in [0, 0.05) is 53.0 Å². The molecule has 0 fully saturated rings. The van der Waals surface area contributed by atoms with E-state index in [4.69, 9.17) is 4.42 Å². The Morgan fingerprint density at radius 3 is 2.00 bits per heavy atom. The topological polar surface area (TPSA) is 18.1 Å².